The SMILES string of the molecule is CCCCC(C)CC(C)CCC#N. The third-order valence-corrected chi connectivity index (χ3v) is 2.60. The summed E-state index contributed by atoms with van der Waals surface area (Å²) in [6.45, 7) is 6.84. The normalized spacial score (nSPS) is 14.9. The van der Waals surface area contributed by atoms with Crippen LogP contribution in [-0.4, -0.2) is 0 Å². The van der Waals surface area contributed by atoms with E-state index in [1.807, 2.05) is 0 Å². The minimum Gasteiger partial charge on any atom is -0.198 e. The van der Waals surface area contributed by atoms with Crippen LogP contribution in [0.2, 0.25) is 0 Å². The van der Waals surface area contributed by atoms with Crippen LogP contribution in [0.1, 0.15) is 59.3 Å². The molecular formula is C12H23N. The van der Waals surface area contributed by atoms with Crippen molar-refractivity contribution < 1.29 is 0 Å². The van der Waals surface area contributed by atoms with E-state index in [4.69, 9.17) is 5.26 Å². The van der Waals surface area contributed by atoms with Gasteiger partial charge in [0.15, 0.2) is 0 Å². The number of hydrogen-bond donors (Lipinski definition) is 0. The highest BCUT2D eigenvalue weighted by Gasteiger charge is 2.07. The van der Waals surface area contributed by atoms with Crippen molar-refractivity contribution in [3.8, 4) is 6.07 Å². The van der Waals surface area contributed by atoms with Crippen LogP contribution in [0, 0.1) is 23.2 Å². The number of nitrogens with zero attached hydrogens (tertiary/aromatic N) is 1. The van der Waals surface area contributed by atoms with E-state index in [0.29, 0.717) is 0 Å². The van der Waals surface area contributed by atoms with Crippen molar-refractivity contribution in [1.82, 2.24) is 0 Å². The van der Waals surface area contributed by atoms with Crippen molar-refractivity contribution >= 4 is 0 Å². The van der Waals surface area contributed by atoms with Gasteiger partial charge in [0.2, 0.25) is 0 Å². The second kappa shape index (κ2) is 8.10. The Balaban J connectivity index is 3.42. The van der Waals surface area contributed by atoms with Gasteiger partial charge < -0.3 is 0 Å². The first kappa shape index (κ1) is 12.5. The molecule has 0 aromatic rings. The minimum absolute atomic E-state index is 0.724. The molecule has 0 saturated carbocycles. The summed E-state index contributed by atoms with van der Waals surface area (Å²) in [5, 5.41) is 8.44. The van der Waals surface area contributed by atoms with Gasteiger partial charge in [0, 0.05) is 6.42 Å². The highest BCUT2D eigenvalue weighted by atomic mass is 14.2. The second-order valence-electron chi connectivity index (χ2n) is 4.29. The Bertz CT molecular complexity index is 146. The van der Waals surface area contributed by atoms with E-state index in [0.717, 1.165) is 24.7 Å². The standard InChI is InChI=1S/C12H23N/c1-4-5-7-11(2)10-12(3)8-6-9-13/h11-12H,4-8,10H2,1-3H3. The van der Waals surface area contributed by atoms with Crippen LogP contribution >= 0.6 is 0 Å². The van der Waals surface area contributed by atoms with Crippen LogP contribution in [-0.2, 0) is 0 Å². The Morgan fingerprint density at radius 1 is 1.15 bits per heavy atom. The molecule has 2 unspecified atom stereocenters. The van der Waals surface area contributed by atoms with E-state index in [1.165, 1.54) is 25.7 Å². The average molecular weight is 181 g/mol. The van der Waals surface area contributed by atoms with Crippen LogP contribution in [0.5, 0.6) is 0 Å². The lowest BCUT2D eigenvalue weighted by Gasteiger charge is -2.15. The Labute approximate surface area is 83.1 Å². The molecule has 0 aliphatic heterocycles. The van der Waals surface area contributed by atoms with Gasteiger partial charge in [-0.05, 0) is 24.7 Å². The molecule has 0 fully saturated rings. The van der Waals surface area contributed by atoms with Crippen LogP contribution in [0.3, 0.4) is 0 Å². The molecule has 2 atom stereocenters. The predicted molar refractivity (Wildman–Crippen MR) is 57.3 cm³/mol. The summed E-state index contributed by atoms with van der Waals surface area (Å²) in [5.74, 6) is 1.57. The van der Waals surface area contributed by atoms with E-state index >= 15 is 0 Å². The number of hydrogen-bond acceptors (Lipinski definition) is 1. The summed E-state index contributed by atoms with van der Waals surface area (Å²) in [4.78, 5) is 0. The predicted octanol–water partition coefficient (Wildman–Crippen LogP) is 4.14. The van der Waals surface area contributed by atoms with Gasteiger partial charge >= 0.3 is 0 Å². The van der Waals surface area contributed by atoms with Crippen molar-refractivity contribution in [1.29, 1.82) is 5.26 Å². The van der Waals surface area contributed by atoms with E-state index in [-0.39, 0.29) is 0 Å². The second-order valence-corrected chi connectivity index (χ2v) is 4.29. The molecule has 0 saturated heterocycles. The van der Waals surface area contributed by atoms with E-state index < -0.39 is 0 Å². The van der Waals surface area contributed by atoms with Crippen molar-refractivity contribution in [2.45, 2.75) is 59.3 Å². The van der Waals surface area contributed by atoms with Crippen molar-refractivity contribution in [3.63, 3.8) is 0 Å². The smallest absolute Gasteiger partial charge is 0.0621 e. The lowest BCUT2D eigenvalue weighted by atomic mass is 9.90. The Morgan fingerprint density at radius 3 is 2.31 bits per heavy atom. The van der Waals surface area contributed by atoms with Gasteiger partial charge in [-0.15, -0.1) is 0 Å². The lowest BCUT2D eigenvalue weighted by molar-refractivity contribution is 0.372. The monoisotopic (exact) mass is 181 g/mol. The van der Waals surface area contributed by atoms with Gasteiger partial charge in [-0.2, -0.15) is 5.26 Å². The Morgan fingerprint density at radius 2 is 1.77 bits per heavy atom. The minimum atomic E-state index is 0.724. The molecule has 0 radical (unpaired) electrons. The van der Waals surface area contributed by atoms with Crippen LogP contribution in [0.25, 0.3) is 0 Å². The first-order valence-corrected chi connectivity index (χ1v) is 5.57. The number of rotatable bonds is 7. The number of nitriles is 1. The molecule has 0 heterocycles. The molecule has 1 heteroatoms. The molecule has 0 rings (SSSR count). The first-order chi connectivity index (χ1) is 6.20. The van der Waals surface area contributed by atoms with Gasteiger partial charge in [0.05, 0.1) is 6.07 Å². The van der Waals surface area contributed by atoms with Crippen molar-refractivity contribution in [2.75, 3.05) is 0 Å². The van der Waals surface area contributed by atoms with E-state index in [9.17, 15) is 0 Å². The zero-order valence-corrected chi connectivity index (χ0v) is 9.34. The van der Waals surface area contributed by atoms with Gasteiger partial charge in [0.25, 0.3) is 0 Å². The zero-order chi connectivity index (χ0) is 10.1. The molecule has 0 bridgehead atoms. The van der Waals surface area contributed by atoms with Crippen molar-refractivity contribution in [3.05, 3.63) is 0 Å². The Kier molecular flexibility index (Phi) is 7.79. The summed E-state index contributed by atoms with van der Waals surface area (Å²) in [6.07, 6.45) is 7.10. The summed E-state index contributed by atoms with van der Waals surface area (Å²) < 4.78 is 0. The van der Waals surface area contributed by atoms with Gasteiger partial charge in [0.1, 0.15) is 0 Å². The summed E-state index contributed by atoms with van der Waals surface area (Å²) in [7, 11) is 0. The highest BCUT2D eigenvalue weighted by molar-refractivity contribution is 4.71. The maximum absolute atomic E-state index is 8.44. The molecule has 1 nitrogen and oxygen atoms in total. The molecule has 76 valence electrons. The largest absolute Gasteiger partial charge is 0.198 e. The molecule has 0 aromatic carbocycles. The van der Waals surface area contributed by atoms with Crippen LogP contribution in [0.15, 0.2) is 0 Å². The van der Waals surface area contributed by atoms with Gasteiger partial charge in [-0.25, -0.2) is 0 Å². The molecule has 0 aromatic heterocycles. The fourth-order valence-electron chi connectivity index (χ4n) is 1.79. The summed E-state index contributed by atoms with van der Waals surface area (Å²) in [5.41, 5.74) is 0. The number of unbranched alkanes of at least 4 members (excludes halogenated alkanes) is 1. The Hall–Kier alpha value is -0.510. The molecule has 0 N–H and O–H groups in total. The van der Waals surface area contributed by atoms with E-state index in [2.05, 4.69) is 26.8 Å². The quantitative estimate of drug-likeness (QED) is 0.579. The molecular weight excluding hydrogens is 158 g/mol. The van der Waals surface area contributed by atoms with Gasteiger partial charge in [-0.1, -0.05) is 40.0 Å². The molecule has 0 amide bonds. The first-order valence-electron chi connectivity index (χ1n) is 5.57. The van der Waals surface area contributed by atoms with Gasteiger partial charge in [-0.3, -0.25) is 0 Å². The molecule has 0 aliphatic rings. The highest BCUT2D eigenvalue weighted by Crippen LogP contribution is 2.20. The van der Waals surface area contributed by atoms with Crippen LogP contribution < -0.4 is 0 Å². The topological polar surface area (TPSA) is 23.8 Å². The van der Waals surface area contributed by atoms with Crippen LogP contribution in [0.4, 0.5) is 0 Å². The molecule has 0 aliphatic carbocycles. The molecule has 13 heavy (non-hydrogen) atoms. The van der Waals surface area contributed by atoms with E-state index in [1.54, 1.807) is 0 Å². The maximum atomic E-state index is 8.44. The lowest BCUT2D eigenvalue weighted by Crippen LogP contribution is -2.03. The zero-order valence-electron chi connectivity index (χ0n) is 9.34. The fourth-order valence-corrected chi connectivity index (χ4v) is 1.79. The average Bonchev–Trinajstić information content (AvgIpc) is 2.11. The fraction of sp³-hybridized carbons (Fsp3) is 0.917. The summed E-state index contributed by atoms with van der Waals surface area (Å²) in [6, 6.07) is 2.22. The summed E-state index contributed by atoms with van der Waals surface area (Å²) >= 11 is 0. The third kappa shape index (κ3) is 7.84. The molecule has 0 spiro atoms. The third-order valence-electron chi connectivity index (χ3n) is 2.60. The van der Waals surface area contributed by atoms with Crippen molar-refractivity contribution in [2.24, 2.45) is 11.8 Å². The maximum Gasteiger partial charge on any atom is 0.0621 e.